The third-order valence-electron chi connectivity index (χ3n) is 5.29. The quantitative estimate of drug-likeness (QED) is 0.435. The number of sulfonamides is 1. The number of hydrogen-bond donors (Lipinski definition) is 1. The third kappa shape index (κ3) is 4.38. The Balaban J connectivity index is 1.66. The van der Waals surface area contributed by atoms with Crippen LogP contribution >= 0.6 is 0 Å². The first-order valence-electron chi connectivity index (χ1n) is 10.5. The molecule has 0 saturated heterocycles. The second kappa shape index (κ2) is 9.30. The standard InChI is InChI=1S/C25H24N4O3S/c1-3-28(20-12-6-4-7-13-20)33(31,32)24-17-11-10-16-23(24)27-25(30)22-18-26-29(19(22)2)21-14-8-5-9-15-21/h4-18H,3H2,1-2H3,(H,27,30). The van der Waals surface area contributed by atoms with E-state index < -0.39 is 15.9 Å². The largest absolute Gasteiger partial charge is 0.321 e. The van der Waals surface area contributed by atoms with Crippen molar-refractivity contribution in [3.8, 4) is 5.69 Å². The molecule has 0 aliphatic carbocycles. The first-order valence-corrected chi connectivity index (χ1v) is 12.0. The molecule has 8 heteroatoms. The van der Waals surface area contributed by atoms with Gasteiger partial charge in [0.05, 0.1) is 34.5 Å². The molecule has 0 aliphatic rings. The van der Waals surface area contributed by atoms with E-state index >= 15 is 0 Å². The lowest BCUT2D eigenvalue weighted by Gasteiger charge is -2.24. The second-order valence-electron chi connectivity index (χ2n) is 7.35. The molecular weight excluding hydrogens is 436 g/mol. The van der Waals surface area contributed by atoms with Crippen molar-refractivity contribution in [1.29, 1.82) is 0 Å². The molecule has 4 aromatic rings. The Morgan fingerprint density at radius 1 is 0.939 bits per heavy atom. The van der Waals surface area contributed by atoms with Crippen molar-refractivity contribution in [2.24, 2.45) is 0 Å². The molecule has 0 saturated carbocycles. The Morgan fingerprint density at radius 3 is 2.21 bits per heavy atom. The number of nitrogens with one attached hydrogen (secondary N) is 1. The maximum absolute atomic E-state index is 13.5. The number of nitrogens with zero attached hydrogens (tertiary/aromatic N) is 3. The van der Waals surface area contributed by atoms with E-state index in [0.29, 0.717) is 16.9 Å². The smallest absolute Gasteiger partial charge is 0.266 e. The Bertz CT molecular complexity index is 1370. The van der Waals surface area contributed by atoms with Gasteiger partial charge in [-0.05, 0) is 50.2 Å². The molecule has 0 radical (unpaired) electrons. The van der Waals surface area contributed by atoms with E-state index in [-0.39, 0.29) is 17.1 Å². The lowest BCUT2D eigenvalue weighted by Crippen LogP contribution is -2.31. The van der Waals surface area contributed by atoms with Gasteiger partial charge >= 0.3 is 0 Å². The van der Waals surface area contributed by atoms with Crippen molar-refractivity contribution in [2.45, 2.75) is 18.7 Å². The molecule has 0 fully saturated rings. The highest BCUT2D eigenvalue weighted by molar-refractivity contribution is 7.93. The number of carbonyl (C=O) groups excluding carboxylic acids is 1. The van der Waals surface area contributed by atoms with Crippen LogP contribution in [0.5, 0.6) is 0 Å². The van der Waals surface area contributed by atoms with Crippen LogP contribution in [0.4, 0.5) is 11.4 Å². The summed E-state index contributed by atoms with van der Waals surface area (Å²) in [5.41, 5.74) is 2.61. The van der Waals surface area contributed by atoms with Gasteiger partial charge in [0, 0.05) is 6.54 Å². The van der Waals surface area contributed by atoms with E-state index in [2.05, 4.69) is 10.4 Å². The summed E-state index contributed by atoms with van der Waals surface area (Å²) < 4.78 is 30.0. The van der Waals surface area contributed by atoms with Gasteiger partial charge in [-0.2, -0.15) is 5.10 Å². The van der Waals surface area contributed by atoms with Gasteiger partial charge in [-0.25, -0.2) is 13.1 Å². The Hall–Kier alpha value is -3.91. The van der Waals surface area contributed by atoms with Gasteiger partial charge < -0.3 is 5.32 Å². The van der Waals surface area contributed by atoms with Gasteiger partial charge in [-0.1, -0.05) is 48.5 Å². The molecule has 0 spiro atoms. The van der Waals surface area contributed by atoms with E-state index in [1.165, 1.54) is 16.6 Å². The predicted molar refractivity (Wildman–Crippen MR) is 129 cm³/mol. The number of aromatic nitrogens is 2. The first kappa shape index (κ1) is 22.3. The summed E-state index contributed by atoms with van der Waals surface area (Å²) in [5, 5.41) is 7.10. The van der Waals surface area contributed by atoms with Crippen molar-refractivity contribution in [3.05, 3.63) is 102 Å². The van der Waals surface area contributed by atoms with Crippen LogP contribution in [0.15, 0.2) is 96.0 Å². The number of benzene rings is 3. The van der Waals surface area contributed by atoms with Gasteiger partial charge in [0.2, 0.25) is 0 Å². The van der Waals surface area contributed by atoms with Crippen LogP contribution in [-0.4, -0.2) is 30.7 Å². The third-order valence-corrected chi connectivity index (χ3v) is 7.25. The van der Waals surface area contributed by atoms with Gasteiger partial charge in [0.25, 0.3) is 15.9 Å². The summed E-state index contributed by atoms with van der Waals surface area (Å²) in [6, 6.07) is 24.8. The molecule has 33 heavy (non-hydrogen) atoms. The summed E-state index contributed by atoms with van der Waals surface area (Å²) in [6.07, 6.45) is 1.48. The monoisotopic (exact) mass is 460 g/mol. The van der Waals surface area contributed by atoms with E-state index in [0.717, 1.165) is 5.69 Å². The van der Waals surface area contributed by atoms with Gasteiger partial charge in [0.1, 0.15) is 4.90 Å². The molecule has 1 aromatic heterocycles. The zero-order chi connectivity index (χ0) is 23.4. The highest BCUT2D eigenvalue weighted by atomic mass is 32.2. The molecule has 7 nitrogen and oxygen atoms in total. The zero-order valence-electron chi connectivity index (χ0n) is 18.3. The van der Waals surface area contributed by atoms with Gasteiger partial charge in [0.15, 0.2) is 0 Å². The number of para-hydroxylation sites is 3. The molecule has 4 rings (SSSR count). The summed E-state index contributed by atoms with van der Waals surface area (Å²) in [4.78, 5) is 13.1. The van der Waals surface area contributed by atoms with Crippen LogP contribution in [0.1, 0.15) is 23.0 Å². The van der Waals surface area contributed by atoms with E-state index in [9.17, 15) is 13.2 Å². The van der Waals surface area contributed by atoms with E-state index in [4.69, 9.17) is 0 Å². The minimum Gasteiger partial charge on any atom is -0.321 e. The average molecular weight is 461 g/mol. The van der Waals surface area contributed by atoms with Crippen LogP contribution in [0, 0.1) is 6.92 Å². The Labute approximate surface area is 193 Å². The number of anilines is 2. The summed E-state index contributed by atoms with van der Waals surface area (Å²) in [7, 11) is -3.91. The van der Waals surface area contributed by atoms with Gasteiger partial charge in [-0.15, -0.1) is 0 Å². The number of hydrogen-bond acceptors (Lipinski definition) is 4. The fourth-order valence-electron chi connectivity index (χ4n) is 3.65. The number of rotatable bonds is 7. The summed E-state index contributed by atoms with van der Waals surface area (Å²) >= 11 is 0. The van der Waals surface area contributed by atoms with Crippen LogP contribution in [0.3, 0.4) is 0 Å². The molecule has 1 N–H and O–H groups in total. The molecule has 0 unspecified atom stereocenters. The highest BCUT2D eigenvalue weighted by Gasteiger charge is 2.27. The molecule has 3 aromatic carbocycles. The lowest BCUT2D eigenvalue weighted by atomic mass is 10.2. The topological polar surface area (TPSA) is 84.3 Å². The molecule has 0 aliphatic heterocycles. The number of carbonyl (C=O) groups is 1. The molecule has 0 atom stereocenters. The second-order valence-corrected chi connectivity index (χ2v) is 9.18. The van der Waals surface area contributed by atoms with Crippen LogP contribution in [0.25, 0.3) is 5.69 Å². The first-order chi connectivity index (χ1) is 15.9. The maximum atomic E-state index is 13.5. The molecule has 168 valence electrons. The molecule has 0 bridgehead atoms. The van der Waals surface area contributed by atoms with Gasteiger partial charge in [-0.3, -0.25) is 9.10 Å². The zero-order valence-corrected chi connectivity index (χ0v) is 19.2. The Morgan fingerprint density at radius 2 is 1.55 bits per heavy atom. The van der Waals surface area contributed by atoms with Crippen molar-refractivity contribution in [3.63, 3.8) is 0 Å². The normalized spacial score (nSPS) is 11.2. The summed E-state index contributed by atoms with van der Waals surface area (Å²) in [6.45, 7) is 3.82. The van der Waals surface area contributed by atoms with Crippen molar-refractivity contribution in [1.82, 2.24) is 9.78 Å². The van der Waals surface area contributed by atoms with Crippen LogP contribution < -0.4 is 9.62 Å². The SMILES string of the molecule is CCN(c1ccccc1)S(=O)(=O)c1ccccc1NC(=O)c1cnn(-c2ccccc2)c1C. The fraction of sp³-hybridized carbons (Fsp3) is 0.120. The van der Waals surface area contributed by atoms with Crippen LogP contribution in [-0.2, 0) is 10.0 Å². The molecule has 1 amide bonds. The maximum Gasteiger partial charge on any atom is 0.266 e. The van der Waals surface area contributed by atoms with E-state index in [1.54, 1.807) is 61.0 Å². The van der Waals surface area contributed by atoms with Crippen LogP contribution in [0.2, 0.25) is 0 Å². The average Bonchev–Trinajstić information content (AvgIpc) is 3.22. The fourth-order valence-corrected chi connectivity index (χ4v) is 5.27. The minimum atomic E-state index is -3.91. The van der Waals surface area contributed by atoms with Crippen molar-refractivity contribution >= 4 is 27.3 Å². The lowest BCUT2D eigenvalue weighted by molar-refractivity contribution is 0.102. The Kier molecular flexibility index (Phi) is 6.28. The number of amides is 1. The summed E-state index contributed by atoms with van der Waals surface area (Å²) in [5.74, 6) is -0.430. The predicted octanol–water partition coefficient (Wildman–Crippen LogP) is 4.65. The molecular formula is C25H24N4O3S. The highest BCUT2D eigenvalue weighted by Crippen LogP contribution is 2.29. The molecule has 1 heterocycles. The van der Waals surface area contributed by atoms with E-state index in [1.807, 2.05) is 36.4 Å². The van der Waals surface area contributed by atoms with Crippen molar-refractivity contribution < 1.29 is 13.2 Å². The minimum absolute atomic E-state index is 0.0251. The van der Waals surface area contributed by atoms with Crippen molar-refractivity contribution in [2.75, 3.05) is 16.2 Å².